The van der Waals surface area contributed by atoms with E-state index in [9.17, 15) is 4.79 Å². The molecule has 0 radical (unpaired) electrons. The summed E-state index contributed by atoms with van der Waals surface area (Å²) in [6.07, 6.45) is 0. The largest absolute Gasteiger partial charge is 0.325 e. The first-order valence-corrected chi connectivity index (χ1v) is 11.6. The number of thiazole rings is 1. The minimum atomic E-state index is -0.0928. The Kier molecular flexibility index (Phi) is 5.17. The van der Waals surface area contributed by atoms with Gasteiger partial charge in [-0.15, -0.1) is 21.5 Å². The number of nitrogens with zero attached hydrogens (tertiary/aromatic N) is 4. The van der Waals surface area contributed by atoms with Crippen LogP contribution in [0.25, 0.3) is 27.8 Å². The van der Waals surface area contributed by atoms with Crippen molar-refractivity contribution in [2.75, 3.05) is 11.1 Å². The number of carbonyl (C=O) groups excluding carboxylic acids is 1. The summed E-state index contributed by atoms with van der Waals surface area (Å²) in [5, 5.41) is 16.5. The van der Waals surface area contributed by atoms with Gasteiger partial charge in [-0.1, -0.05) is 42.1 Å². The van der Waals surface area contributed by atoms with Gasteiger partial charge in [0, 0.05) is 22.0 Å². The molecule has 1 N–H and O–H groups in total. The number of anilines is 1. The zero-order chi connectivity index (χ0) is 21.4. The van der Waals surface area contributed by atoms with Gasteiger partial charge in [0.1, 0.15) is 0 Å². The SMILES string of the molecule is Cc1nc(-c2cccc(NC(=O)CSc3nnc4cc(C)c5ccccc5n34)c2)cs1. The first-order chi connectivity index (χ1) is 15.1. The van der Waals surface area contributed by atoms with E-state index in [4.69, 9.17) is 0 Å². The Morgan fingerprint density at radius 2 is 1.97 bits per heavy atom. The maximum atomic E-state index is 12.6. The fourth-order valence-corrected chi connectivity index (χ4v) is 4.92. The first-order valence-electron chi connectivity index (χ1n) is 9.77. The number of rotatable bonds is 5. The third kappa shape index (κ3) is 3.92. The van der Waals surface area contributed by atoms with Gasteiger partial charge < -0.3 is 5.32 Å². The van der Waals surface area contributed by atoms with E-state index in [1.54, 1.807) is 11.3 Å². The summed E-state index contributed by atoms with van der Waals surface area (Å²) < 4.78 is 2.01. The number of aromatic nitrogens is 4. The second-order valence-electron chi connectivity index (χ2n) is 7.19. The van der Waals surface area contributed by atoms with E-state index in [1.807, 2.05) is 59.2 Å². The molecule has 2 aromatic carbocycles. The Balaban J connectivity index is 1.34. The molecule has 0 bridgehead atoms. The number of hydrogen-bond donors (Lipinski definition) is 1. The summed E-state index contributed by atoms with van der Waals surface area (Å²) in [4.78, 5) is 17.1. The molecule has 3 aromatic heterocycles. The molecule has 0 unspecified atom stereocenters. The van der Waals surface area contributed by atoms with E-state index < -0.39 is 0 Å². The Bertz CT molecular complexity index is 1420. The summed E-state index contributed by atoms with van der Waals surface area (Å²) in [6, 6.07) is 17.9. The molecule has 0 aliphatic carbocycles. The summed E-state index contributed by atoms with van der Waals surface area (Å²) in [5.74, 6) is 0.146. The second kappa shape index (κ2) is 8.13. The first kappa shape index (κ1) is 19.7. The molecule has 5 rings (SSSR count). The highest BCUT2D eigenvalue weighted by Gasteiger charge is 2.13. The van der Waals surface area contributed by atoms with Gasteiger partial charge >= 0.3 is 0 Å². The number of pyridine rings is 1. The molecule has 31 heavy (non-hydrogen) atoms. The quantitative estimate of drug-likeness (QED) is 0.369. The predicted molar refractivity (Wildman–Crippen MR) is 127 cm³/mol. The van der Waals surface area contributed by atoms with Crippen LogP contribution in [0.2, 0.25) is 0 Å². The Morgan fingerprint density at radius 1 is 1.10 bits per heavy atom. The van der Waals surface area contributed by atoms with Gasteiger partial charge in [-0.3, -0.25) is 9.20 Å². The van der Waals surface area contributed by atoms with Crippen LogP contribution in [-0.2, 0) is 4.79 Å². The van der Waals surface area contributed by atoms with Crippen LogP contribution in [0.3, 0.4) is 0 Å². The van der Waals surface area contributed by atoms with Crippen molar-refractivity contribution in [3.8, 4) is 11.3 Å². The molecule has 154 valence electrons. The zero-order valence-electron chi connectivity index (χ0n) is 17.0. The normalized spacial score (nSPS) is 11.3. The minimum Gasteiger partial charge on any atom is -0.325 e. The van der Waals surface area contributed by atoms with Gasteiger partial charge in [-0.25, -0.2) is 4.98 Å². The Hall–Kier alpha value is -3.23. The lowest BCUT2D eigenvalue weighted by Crippen LogP contribution is -2.14. The number of hydrogen-bond acceptors (Lipinski definition) is 6. The fourth-order valence-electron chi connectivity index (χ4n) is 3.55. The highest BCUT2D eigenvalue weighted by molar-refractivity contribution is 7.99. The summed E-state index contributed by atoms with van der Waals surface area (Å²) in [6.45, 7) is 4.05. The molecule has 0 saturated heterocycles. The number of amides is 1. The Morgan fingerprint density at radius 3 is 2.81 bits per heavy atom. The van der Waals surface area contributed by atoms with Crippen LogP contribution in [0.5, 0.6) is 0 Å². The molecule has 6 nitrogen and oxygen atoms in total. The van der Waals surface area contributed by atoms with Crippen molar-refractivity contribution >= 4 is 51.2 Å². The topological polar surface area (TPSA) is 72.2 Å². The van der Waals surface area contributed by atoms with E-state index in [-0.39, 0.29) is 11.7 Å². The van der Waals surface area contributed by atoms with Crippen molar-refractivity contribution in [3.63, 3.8) is 0 Å². The van der Waals surface area contributed by atoms with E-state index in [1.165, 1.54) is 11.8 Å². The van der Waals surface area contributed by atoms with Crippen molar-refractivity contribution in [1.29, 1.82) is 0 Å². The molecule has 3 heterocycles. The smallest absolute Gasteiger partial charge is 0.234 e. The maximum absolute atomic E-state index is 12.6. The van der Waals surface area contributed by atoms with Crippen LogP contribution in [0.15, 0.2) is 65.1 Å². The third-order valence-corrected chi connectivity index (χ3v) is 6.67. The van der Waals surface area contributed by atoms with Crippen molar-refractivity contribution in [1.82, 2.24) is 19.6 Å². The number of carbonyl (C=O) groups is 1. The van der Waals surface area contributed by atoms with Crippen LogP contribution in [0.1, 0.15) is 10.6 Å². The highest BCUT2D eigenvalue weighted by Crippen LogP contribution is 2.27. The number of para-hydroxylation sites is 1. The van der Waals surface area contributed by atoms with Gasteiger partial charge in [-0.05, 0) is 43.7 Å². The molecule has 0 aliphatic heterocycles. The van der Waals surface area contributed by atoms with E-state index in [2.05, 4.69) is 39.6 Å². The van der Waals surface area contributed by atoms with Crippen molar-refractivity contribution in [3.05, 3.63) is 70.5 Å². The minimum absolute atomic E-state index is 0.0928. The number of nitrogens with one attached hydrogen (secondary N) is 1. The molecule has 0 fully saturated rings. The number of aryl methyl sites for hydroxylation is 2. The summed E-state index contributed by atoms with van der Waals surface area (Å²) in [7, 11) is 0. The Labute approximate surface area is 187 Å². The molecule has 0 atom stereocenters. The monoisotopic (exact) mass is 445 g/mol. The zero-order valence-corrected chi connectivity index (χ0v) is 18.6. The van der Waals surface area contributed by atoms with Gasteiger partial charge in [0.05, 0.1) is 22.0 Å². The van der Waals surface area contributed by atoms with Crippen LogP contribution in [0, 0.1) is 13.8 Å². The molecular weight excluding hydrogens is 426 g/mol. The lowest BCUT2D eigenvalue weighted by atomic mass is 10.1. The molecule has 0 saturated carbocycles. The standard InChI is InChI=1S/C23H19N5OS2/c1-14-10-21-26-27-23(28(21)20-9-4-3-8-18(14)20)31-13-22(29)25-17-7-5-6-16(11-17)19-12-30-15(2)24-19/h3-12H,13H2,1-2H3,(H,25,29). The van der Waals surface area contributed by atoms with Gasteiger partial charge in [0.15, 0.2) is 10.8 Å². The van der Waals surface area contributed by atoms with E-state index in [0.29, 0.717) is 5.16 Å². The van der Waals surface area contributed by atoms with Crippen molar-refractivity contribution < 1.29 is 4.79 Å². The number of fused-ring (bicyclic) bond motifs is 3. The summed E-state index contributed by atoms with van der Waals surface area (Å²) >= 11 is 2.99. The lowest BCUT2D eigenvalue weighted by Gasteiger charge is -2.08. The van der Waals surface area contributed by atoms with Crippen LogP contribution >= 0.6 is 23.1 Å². The molecule has 8 heteroatoms. The number of benzene rings is 2. The van der Waals surface area contributed by atoms with Crippen LogP contribution < -0.4 is 5.32 Å². The lowest BCUT2D eigenvalue weighted by molar-refractivity contribution is -0.113. The maximum Gasteiger partial charge on any atom is 0.234 e. The van der Waals surface area contributed by atoms with Crippen LogP contribution in [-0.4, -0.2) is 31.2 Å². The van der Waals surface area contributed by atoms with Crippen LogP contribution in [0.4, 0.5) is 5.69 Å². The molecular formula is C23H19N5OS2. The van der Waals surface area contributed by atoms with Gasteiger partial charge in [-0.2, -0.15) is 0 Å². The van der Waals surface area contributed by atoms with Crippen molar-refractivity contribution in [2.45, 2.75) is 19.0 Å². The van der Waals surface area contributed by atoms with Gasteiger partial charge in [0.2, 0.25) is 5.91 Å². The average molecular weight is 446 g/mol. The molecule has 5 aromatic rings. The molecule has 1 amide bonds. The predicted octanol–water partition coefficient (Wildman–Crippen LogP) is 5.35. The second-order valence-corrected chi connectivity index (χ2v) is 9.19. The van der Waals surface area contributed by atoms with Crippen molar-refractivity contribution in [2.24, 2.45) is 0 Å². The number of thioether (sulfide) groups is 1. The summed E-state index contributed by atoms with van der Waals surface area (Å²) in [5.41, 5.74) is 5.63. The average Bonchev–Trinajstić information content (AvgIpc) is 3.39. The third-order valence-electron chi connectivity index (χ3n) is 4.97. The van der Waals surface area contributed by atoms with Gasteiger partial charge in [0.25, 0.3) is 0 Å². The van der Waals surface area contributed by atoms with E-state index >= 15 is 0 Å². The fraction of sp³-hybridized carbons (Fsp3) is 0.130. The molecule has 0 aliphatic rings. The molecule has 0 spiro atoms. The van der Waals surface area contributed by atoms with E-state index in [0.717, 1.165) is 44.1 Å². The highest BCUT2D eigenvalue weighted by atomic mass is 32.2.